The van der Waals surface area contributed by atoms with E-state index in [1.165, 1.54) is 0 Å². The van der Waals surface area contributed by atoms with Gasteiger partial charge in [-0.25, -0.2) is 0 Å². The minimum absolute atomic E-state index is 0.0386. The van der Waals surface area contributed by atoms with Crippen molar-refractivity contribution in [3.63, 3.8) is 0 Å². The molecule has 0 fully saturated rings. The van der Waals surface area contributed by atoms with Crippen LogP contribution < -0.4 is 11.1 Å². The molecule has 0 radical (unpaired) electrons. The zero-order valence-corrected chi connectivity index (χ0v) is 12.2. The molecule has 2 aromatic rings. The minimum Gasteiger partial charge on any atom is -0.398 e. The van der Waals surface area contributed by atoms with Crippen LogP contribution in [0.2, 0.25) is 0 Å². The van der Waals surface area contributed by atoms with Gasteiger partial charge in [0.15, 0.2) is 5.82 Å². The standard InChI is InChI=1S/C15H20N4O/c1-9-10(6-5-7-11(9)16)14(20)17-13-8-12(18-19-13)15(2,3)4/h5-8H,16H2,1-4H3,(H2,17,18,19,20). The highest BCUT2D eigenvalue weighted by atomic mass is 16.1. The SMILES string of the molecule is Cc1c(N)cccc1C(=O)Nc1cc(C(C)(C)C)[nH]n1. The van der Waals surface area contributed by atoms with Crippen LogP contribution in [0.3, 0.4) is 0 Å². The van der Waals surface area contributed by atoms with Crippen LogP contribution in [0.5, 0.6) is 0 Å². The van der Waals surface area contributed by atoms with Crippen LogP contribution in [0.1, 0.15) is 42.4 Å². The van der Waals surface area contributed by atoms with Crippen molar-refractivity contribution in [3.8, 4) is 0 Å². The van der Waals surface area contributed by atoms with Crippen LogP contribution in [0.15, 0.2) is 24.3 Å². The molecular formula is C15H20N4O. The first-order chi connectivity index (χ1) is 9.29. The molecule has 5 nitrogen and oxygen atoms in total. The lowest BCUT2D eigenvalue weighted by Crippen LogP contribution is -2.14. The Bertz CT molecular complexity index is 638. The fraction of sp³-hybridized carbons (Fsp3) is 0.333. The Morgan fingerprint density at radius 3 is 2.65 bits per heavy atom. The number of nitrogens with zero attached hydrogens (tertiary/aromatic N) is 1. The highest BCUT2D eigenvalue weighted by Crippen LogP contribution is 2.22. The van der Waals surface area contributed by atoms with Crippen LogP contribution in [0.25, 0.3) is 0 Å². The molecule has 0 unspecified atom stereocenters. The molecular weight excluding hydrogens is 252 g/mol. The average molecular weight is 272 g/mol. The van der Waals surface area contributed by atoms with E-state index in [1.807, 2.05) is 13.0 Å². The van der Waals surface area contributed by atoms with Crippen molar-refractivity contribution in [3.05, 3.63) is 41.1 Å². The van der Waals surface area contributed by atoms with Gasteiger partial charge in [-0.2, -0.15) is 5.10 Å². The predicted octanol–water partition coefficient (Wildman–Crippen LogP) is 2.85. The number of nitrogen functional groups attached to an aromatic ring is 1. The fourth-order valence-corrected chi connectivity index (χ4v) is 1.85. The molecule has 0 aliphatic carbocycles. The molecule has 1 aromatic carbocycles. The maximum atomic E-state index is 12.2. The smallest absolute Gasteiger partial charge is 0.257 e. The summed E-state index contributed by atoms with van der Waals surface area (Å²) in [6.07, 6.45) is 0. The maximum absolute atomic E-state index is 12.2. The molecule has 1 heterocycles. The van der Waals surface area contributed by atoms with Crippen molar-refractivity contribution >= 4 is 17.4 Å². The Balaban J connectivity index is 2.20. The molecule has 2 rings (SSSR count). The third-order valence-electron chi connectivity index (χ3n) is 3.25. The van der Waals surface area contributed by atoms with Gasteiger partial charge in [-0.15, -0.1) is 0 Å². The number of nitrogens with two attached hydrogens (primary N) is 1. The van der Waals surface area contributed by atoms with E-state index in [2.05, 4.69) is 36.3 Å². The van der Waals surface area contributed by atoms with E-state index in [0.29, 0.717) is 17.1 Å². The third kappa shape index (κ3) is 2.82. The van der Waals surface area contributed by atoms with Gasteiger partial charge < -0.3 is 11.1 Å². The van der Waals surface area contributed by atoms with Crippen molar-refractivity contribution < 1.29 is 4.79 Å². The summed E-state index contributed by atoms with van der Waals surface area (Å²) in [7, 11) is 0. The monoisotopic (exact) mass is 272 g/mol. The highest BCUT2D eigenvalue weighted by molar-refractivity contribution is 6.05. The van der Waals surface area contributed by atoms with Crippen LogP contribution in [0, 0.1) is 6.92 Å². The summed E-state index contributed by atoms with van der Waals surface area (Å²) in [5, 5.41) is 9.83. The number of benzene rings is 1. The van der Waals surface area contributed by atoms with Gasteiger partial charge in [-0.1, -0.05) is 26.8 Å². The van der Waals surface area contributed by atoms with Gasteiger partial charge in [0.2, 0.25) is 0 Å². The van der Waals surface area contributed by atoms with Crippen LogP contribution in [-0.4, -0.2) is 16.1 Å². The summed E-state index contributed by atoms with van der Waals surface area (Å²) in [6, 6.07) is 7.14. The normalized spacial score (nSPS) is 11.4. The number of aromatic nitrogens is 2. The second-order valence-corrected chi connectivity index (χ2v) is 5.89. The van der Waals surface area contributed by atoms with E-state index in [0.717, 1.165) is 11.3 Å². The van der Waals surface area contributed by atoms with Crippen molar-refractivity contribution in [1.29, 1.82) is 0 Å². The first-order valence-electron chi connectivity index (χ1n) is 6.51. The Morgan fingerprint density at radius 1 is 1.35 bits per heavy atom. The maximum Gasteiger partial charge on any atom is 0.257 e. The molecule has 0 saturated heterocycles. The van der Waals surface area contributed by atoms with Gasteiger partial charge in [0.25, 0.3) is 5.91 Å². The summed E-state index contributed by atoms with van der Waals surface area (Å²) in [4.78, 5) is 12.2. The number of aromatic amines is 1. The lowest BCUT2D eigenvalue weighted by atomic mass is 9.92. The predicted molar refractivity (Wildman–Crippen MR) is 80.8 cm³/mol. The van der Waals surface area contributed by atoms with Gasteiger partial charge in [0, 0.05) is 28.4 Å². The van der Waals surface area contributed by atoms with Gasteiger partial charge in [-0.05, 0) is 24.6 Å². The number of nitrogens with one attached hydrogen (secondary N) is 2. The zero-order chi connectivity index (χ0) is 14.9. The number of hydrogen-bond donors (Lipinski definition) is 3. The van der Waals surface area contributed by atoms with Crippen LogP contribution in [-0.2, 0) is 5.41 Å². The summed E-state index contributed by atoms with van der Waals surface area (Å²) in [5.74, 6) is 0.309. The highest BCUT2D eigenvalue weighted by Gasteiger charge is 2.18. The summed E-state index contributed by atoms with van der Waals surface area (Å²) >= 11 is 0. The molecule has 0 saturated carbocycles. The number of H-pyrrole nitrogens is 1. The molecule has 0 bridgehead atoms. The lowest BCUT2D eigenvalue weighted by Gasteiger charge is -2.14. The largest absolute Gasteiger partial charge is 0.398 e. The van der Waals surface area contributed by atoms with Crippen LogP contribution in [0.4, 0.5) is 11.5 Å². The number of anilines is 2. The average Bonchev–Trinajstić information content (AvgIpc) is 2.81. The number of rotatable bonds is 2. The van der Waals surface area contributed by atoms with Gasteiger partial charge >= 0.3 is 0 Å². The number of carbonyl (C=O) groups excluding carboxylic acids is 1. The minimum atomic E-state index is -0.207. The van der Waals surface area contributed by atoms with Crippen molar-refractivity contribution in [2.24, 2.45) is 0 Å². The summed E-state index contributed by atoms with van der Waals surface area (Å²) in [5.41, 5.74) is 8.68. The second kappa shape index (κ2) is 5.00. The van der Waals surface area contributed by atoms with E-state index in [-0.39, 0.29) is 11.3 Å². The quantitative estimate of drug-likeness (QED) is 0.735. The molecule has 1 amide bonds. The number of carbonyl (C=O) groups is 1. The van der Waals surface area contributed by atoms with Crippen molar-refractivity contribution in [2.75, 3.05) is 11.1 Å². The molecule has 0 spiro atoms. The van der Waals surface area contributed by atoms with Gasteiger partial charge in [-0.3, -0.25) is 9.89 Å². The molecule has 4 N–H and O–H groups in total. The first-order valence-corrected chi connectivity index (χ1v) is 6.51. The molecule has 0 atom stereocenters. The van der Waals surface area contributed by atoms with Crippen LogP contribution >= 0.6 is 0 Å². The fourth-order valence-electron chi connectivity index (χ4n) is 1.85. The third-order valence-corrected chi connectivity index (χ3v) is 3.25. The second-order valence-electron chi connectivity index (χ2n) is 5.89. The van der Waals surface area contributed by atoms with E-state index in [9.17, 15) is 4.79 Å². The van der Waals surface area contributed by atoms with Crippen molar-refractivity contribution in [1.82, 2.24) is 10.2 Å². The molecule has 20 heavy (non-hydrogen) atoms. The van der Waals surface area contributed by atoms with E-state index in [1.54, 1.807) is 18.2 Å². The number of hydrogen-bond acceptors (Lipinski definition) is 3. The van der Waals surface area contributed by atoms with Crippen molar-refractivity contribution in [2.45, 2.75) is 33.1 Å². The molecule has 1 aromatic heterocycles. The topological polar surface area (TPSA) is 83.8 Å². The van der Waals surface area contributed by atoms with Gasteiger partial charge in [0.1, 0.15) is 0 Å². The lowest BCUT2D eigenvalue weighted by molar-refractivity contribution is 0.102. The van der Waals surface area contributed by atoms with E-state index >= 15 is 0 Å². The first kappa shape index (κ1) is 14.1. The molecule has 5 heteroatoms. The Hall–Kier alpha value is -2.30. The summed E-state index contributed by atoms with van der Waals surface area (Å²) < 4.78 is 0. The Labute approximate surface area is 118 Å². The Morgan fingerprint density at radius 2 is 2.05 bits per heavy atom. The molecule has 0 aliphatic rings. The molecule has 106 valence electrons. The summed E-state index contributed by atoms with van der Waals surface area (Å²) in [6.45, 7) is 8.06. The van der Waals surface area contributed by atoms with Gasteiger partial charge in [0.05, 0.1) is 0 Å². The van der Waals surface area contributed by atoms with E-state index in [4.69, 9.17) is 5.73 Å². The Kier molecular flexibility index (Phi) is 3.53. The number of amides is 1. The zero-order valence-electron chi connectivity index (χ0n) is 12.2. The molecule has 0 aliphatic heterocycles. The van der Waals surface area contributed by atoms with E-state index < -0.39 is 0 Å².